The molecule has 1 aliphatic heterocycles. The molecule has 0 atom stereocenters. The highest BCUT2D eigenvalue weighted by molar-refractivity contribution is 6.11. The van der Waals surface area contributed by atoms with Crippen LogP contribution in [0.2, 0.25) is 0 Å². The fourth-order valence-corrected chi connectivity index (χ4v) is 1.80. The molecule has 2 rings (SSSR count). The molecule has 0 saturated heterocycles. The number of ether oxygens (including phenoxy) is 1. The van der Waals surface area contributed by atoms with E-state index in [9.17, 15) is 9.59 Å². The van der Waals surface area contributed by atoms with E-state index in [4.69, 9.17) is 10.5 Å². The fraction of sp³-hybridized carbons (Fsp3) is 0.333. The average molecular weight is 277 g/mol. The van der Waals surface area contributed by atoms with Crippen LogP contribution in [0.4, 0.5) is 22.2 Å². The van der Waals surface area contributed by atoms with Crippen LogP contribution in [0.1, 0.15) is 20.8 Å². The SMILES string of the molecule is C=C(C)OC(=O)N1c2nc(N)ncc2NC(=O)C1(C)C. The van der Waals surface area contributed by atoms with E-state index in [-0.39, 0.29) is 23.4 Å². The van der Waals surface area contributed by atoms with Gasteiger partial charge in [-0.2, -0.15) is 4.98 Å². The number of nitrogens with one attached hydrogen (secondary N) is 1. The number of aromatic nitrogens is 2. The zero-order valence-corrected chi connectivity index (χ0v) is 11.4. The summed E-state index contributed by atoms with van der Waals surface area (Å²) < 4.78 is 4.98. The molecule has 106 valence electrons. The number of allylic oxidation sites excluding steroid dienone is 1. The van der Waals surface area contributed by atoms with Crippen molar-refractivity contribution in [1.82, 2.24) is 9.97 Å². The minimum absolute atomic E-state index is 0.0103. The first-order chi connectivity index (χ1) is 9.23. The lowest BCUT2D eigenvalue weighted by Crippen LogP contribution is -2.58. The second kappa shape index (κ2) is 4.48. The summed E-state index contributed by atoms with van der Waals surface area (Å²) in [7, 11) is 0. The average Bonchev–Trinajstić information content (AvgIpc) is 2.29. The third-order valence-corrected chi connectivity index (χ3v) is 2.81. The van der Waals surface area contributed by atoms with E-state index in [2.05, 4.69) is 21.9 Å². The van der Waals surface area contributed by atoms with Gasteiger partial charge in [-0.3, -0.25) is 4.79 Å². The van der Waals surface area contributed by atoms with E-state index in [1.54, 1.807) is 13.8 Å². The Morgan fingerprint density at radius 3 is 2.80 bits per heavy atom. The minimum atomic E-state index is -1.18. The van der Waals surface area contributed by atoms with Gasteiger partial charge in [0, 0.05) is 0 Å². The molecule has 2 amide bonds. The Kier molecular flexibility index (Phi) is 3.09. The molecule has 1 aromatic rings. The second-order valence-corrected chi connectivity index (χ2v) is 4.88. The summed E-state index contributed by atoms with van der Waals surface area (Å²) in [6.45, 7) is 8.18. The highest BCUT2D eigenvalue weighted by Crippen LogP contribution is 2.35. The lowest BCUT2D eigenvalue weighted by atomic mass is 9.99. The molecule has 0 fully saturated rings. The molecule has 1 aliphatic rings. The molecular formula is C12H15N5O3. The molecule has 1 aromatic heterocycles. The summed E-state index contributed by atoms with van der Waals surface area (Å²) in [6.07, 6.45) is 0.586. The molecular weight excluding hydrogens is 262 g/mol. The van der Waals surface area contributed by atoms with Crippen molar-refractivity contribution in [3.8, 4) is 0 Å². The van der Waals surface area contributed by atoms with E-state index in [0.29, 0.717) is 5.69 Å². The van der Waals surface area contributed by atoms with E-state index in [1.165, 1.54) is 13.1 Å². The van der Waals surface area contributed by atoms with Crippen LogP contribution in [-0.2, 0) is 9.53 Å². The lowest BCUT2D eigenvalue weighted by molar-refractivity contribution is -0.120. The summed E-state index contributed by atoms with van der Waals surface area (Å²) in [5.41, 5.74) is 4.65. The van der Waals surface area contributed by atoms with Gasteiger partial charge >= 0.3 is 6.09 Å². The standard InChI is InChI=1S/C12H15N5O3/c1-6(2)20-11(19)17-8-7(5-14-10(13)16-8)15-9(18)12(17,3)4/h5H,1H2,2-4H3,(H,15,18)(H2,13,14,16). The molecule has 0 bridgehead atoms. The molecule has 0 radical (unpaired) electrons. The van der Waals surface area contributed by atoms with Gasteiger partial charge in [0.05, 0.1) is 12.0 Å². The number of rotatable bonds is 1. The molecule has 0 aromatic carbocycles. The van der Waals surface area contributed by atoms with Crippen molar-refractivity contribution >= 4 is 29.5 Å². The van der Waals surface area contributed by atoms with Gasteiger partial charge in [-0.15, -0.1) is 0 Å². The van der Waals surface area contributed by atoms with Crippen molar-refractivity contribution in [3.63, 3.8) is 0 Å². The van der Waals surface area contributed by atoms with E-state index in [1.807, 2.05) is 0 Å². The van der Waals surface area contributed by atoms with Gasteiger partial charge < -0.3 is 15.8 Å². The van der Waals surface area contributed by atoms with Crippen LogP contribution in [0.15, 0.2) is 18.5 Å². The summed E-state index contributed by atoms with van der Waals surface area (Å²) in [5.74, 6) is 0.00886. The predicted molar refractivity (Wildman–Crippen MR) is 72.9 cm³/mol. The molecule has 0 spiro atoms. The van der Waals surface area contributed by atoms with Crippen LogP contribution in [0, 0.1) is 0 Å². The summed E-state index contributed by atoms with van der Waals surface area (Å²) in [4.78, 5) is 33.2. The largest absolute Gasteiger partial charge is 0.421 e. The van der Waals surface area contributed by atoms with Crippen molar-refractivity contribution < 1.29 is 14.3 Å². The Morgan fingerprint density at radius 1 is 1.55 bits per heavy atom. The van der Waals surface area contributed by atoms with E-state index < -0.39 is 11.6 Å². The zero-order chi connectivity index (χ0) is 15.1. The monoisotopic (exact) mass is 277 g/mol. The normalized spacial score (nSPS) is 16.1. The summed E-state index contributed by atoms with van der Waals surface area (Å²) in [5, 5.41) is 2.62. The zero-order valence-electron chi connectivity index (χ0n) is 11.4. The van der Waals surface area contributed by atoms with Crippen molar-refractivity contribution in [3.05, 3.63) is 18.5 Å². The van der Waals surface area contributed by atoms with Gasteiger partial charge in [-0.1, -0.05) is 6.58 Å². The highest BCUT2D eigenvalue weighted by Gasteiger charge is 2.46. The number of carbonyl (C=O) groups is 2. The van der Waals surface area contributed by atoms with Crippen LogP contribution in [-0.4, -0.2) is 27.5 Å². The number of fused-ring (bicyclic) bond motifs is 1. The Labute approximate surface area is 115 Å². The number of hydrogen-bond acceptors (Lipinski definition) is 6. The maximum absolute atomic E-state index is 12.2. The van der Waals surface area contributed by atoms with Crippen LogP contribution >= 0.6 is 0 Å². The summed E-state index contributed by atoms with van der Waals surface area (Å²) in [6, 6.07) is 0. The van der Waals surface area contributed by atoms with Gasteiger partial charge in [0.25, 0.3) is 0 Å². The number of nitrogens with zero attached hydrogens (tertiary/aromatic N) is 3. The first kappa shape index (κ1) is 13.8. The Morgan fingerprint density at radius 2 is 2.20 bits per heavy atom. The van der Waals surface area contributed by atoms with Crippen LogP contribution < -0.4 is 16.0 Å². The lowest BCUT2D eigenvalue weighted by Gasteiger charge is -2.39. The molecule has 8 nitrogen and oxygen atoms in total. The molecule has 0 unspecified atom stereocenters. The number of hydrogen-bond donors (Lipinski definition) is 2. The highest BCUT2D eigenvalue weighted by atomic mass is 16.6. The topological polar surface area (TPSA) is 110 Å². The number of nitrogen functional groups attached to an aromatic ring is 1. The summed E-state index contributed by atoms with van der Waals surface area (Å²) >= 11 is 0. The molecule has 0 saturated carbocycles. The maximum Gasteiger partial charge on any atom is 0.421 e. The maximum atomic E-state index is 12.2. The van der Waals surface area contributed by atoms with Gasteiger partial charge in [0.2, 0.25) is 11.9 Å². The Hall–Kier alpha value is -2.64. The molecule has 20 heavy (non-hydrogen) atoms. The minimum Gasteiger partial charge on any atom is -0.415 e. The van der Waals surface area contributed by atoms with Crippen LogP contribution in [0.5, 0.6) is 0 Å². The predicted octanol–water partition coefficient (Wildman–Crippen LogP) is 1.27. The van der Waals surface area contributed by atoms with Crippen molar-refractivity contribution in [2.45, 2.75) is 26.3 Å². The number of anilines is 3. The van der Waals surface area contributed by atoms with Crippen molar-refractivity contribution in [1.29, 1.82) is 0 Å². The van der Waals surface area contributed by atoms with Crippen LogP contribution in [0.25, 0.3) is 0 Å². The molecule has 0 aliphatic carbocycles. The first-order valence-corrected chi connectivity index (χ1v) is 5.85. The third kappa shape index (κ3) is 2.15. The smallest absolute Gasteiger partial charge is 0.415 e. The first-order valence-electron chi connectivity index (χ1n) is 5.85. The van der Waals surface area contributed by atoms with Crippen LogP contribution in [0.3, 0.4) is 0 Å². The van der Waals surface area contributed by atoms with Gasteiger partial charge in [0.15, 0.2) is 5.82 Å². The third-order valence-electron chi connectivity index (χ3n) is 2.81. The van der Waals surface area contributed by atoms with Gasteiger partial charge in [-0.25, -0.2) is 14.7 Å². The number of amides is 2. The van der Waals surface area contributed by atoms with Crippen molar-refractivity contribution in [2.24, 2.45) is 0 Å². The molecule has 3 N–H and O–H groups in total. The van der Waals surface area contributed by atoms with Crippen molar-refractivity contribution in [2.75, 3.05) is 16.0 Å². The van der Waals surface area contributed by atoms with E-state index in [0.717, 1.165) is 4.90 Å². The quantitative estimate of drug-likeness (QED) is 0.748. The second-order valence-electron chi connectivity index (χ2n) is 4.88. The molecule has 8 heteroatoms. The Bertz CT molecular complexity index is 611. The van der Waals surface area contributed by atoms with Gasteiger partial charge in [0.1, 0.15) is 11.2 Å². The molecule has 2 heterocycles. The number of carbonyl (C=O) groups excluding carboxylic acids is 2. The number of nitrogens with two attached hydrogens (primary N) is 1. The van der Waals surface area contributed by atoms with Gasteiger partial charge in [-0.05, 0) is 20.8 Å². The van der Waals surface area contributed by atoms with E-state index >= 15 is 0 Å². The fourth-order valence-electron chi connectivity index (χ4n) is 1.80. The Balaban J connectivity index is 2.56.